The number of fused-ring (bicyclic) bond motifs is 1. The molecule has 2 heterocycles. The lowest BCUT2D eigenvalue weighted by Gasteiger charge is -2.11. The molecule has 0 unspecified atom stereocenters. The highest BCUT2D eigenvalue weighted by Crippen LogP contribution is 2.31. The first-order valence-corrected chi connectivity index (χ1v) is 9.85. The number of nitrogens with one attached hydrogen (secondary N) is 2. The van der Waals surface area contributed by atoms with Crippen molar-refractivity contribution in [2.24, 2.45) is 0 Å². The maximum Gasteiger partial charge on any atom is 0.201 e. The fraction of sp³-hybridized carbons (Fsp3) is 0. The summed E-state index contributed by atoms with van der Waals surface area (Å²) in [6, 6.07) is 10.5. The lowest BCUT2D eigenvalue weighted by atomic mass is 10.0. The maximum atomic E-state index is 15.0. The highest BCUT2D eigenvalue weighted by atomic mass is 35.5. The van der Waals surface area contributed by atoms with Gasteiger partial charge in [0.05, 0.1) is 21.3 Å². The Kier molecular flexibility index (Phi) is 5.45. The summed E-state index contributed by atoms with van der Waals surface area (Å²) in [5.41, 5.74) is -0.0837. The van der Waals surface area contributed by atoms with Gasteiger partial charge in [0.2, 0.25) is 5.78 Å². The van der Waals surface area contributed by atoms with Gasteiger partial charge in [-0.15, -0.1) is 0 Å². The molecule has 0 amide bonds. The Morgan fingerprint density at radius 1 is 1.10 bits per heavy atom. The van der Waals surface area contributed by atoms with E-state index in [0.29, 0.717) is 26.0 Å². The van der Waals surface area contributed by atoms with Gasteiger partial charge in [-0.2, -0.15) is 0 Å². The van der Waals surface area contributed by atoms with E-state index in [1.165, 1.54) is 12.3 Å². The van der Waals surface area contributed by atoms with Crippen molar-refractivity contribution in [3.63, 3.8) is 0 Å². The second-order valence-electron chi connectivity index (χ2n) is 6.00. The summed E-state index contributed by atoms with van der Waals surface area (Å²) >= 11 is 12.9. The van der Waals surface area contributed by atoms with Gasteiger partial charge >= 0.3 is 0 Å². The minimum atomic E-state index is -0.985. The summed E-state index contributed by atoms with van der Waals surface area (Å²) < 4.78 is 32.2. The summed E-state index contributed by atoms with van der Waals surface area (Å²) in [5.74, 6) is -2.71. The van der Waals surface area contributed by atoms with Crippen molar-refractivity contribution in [2.75, 3.05) is 4.72 Å². The van der Waals surface area contributed by atoms with Crippen LogP contribution in [0.2, 0.25) is 10.0 Å². The van der Waals surface area contributed by atoms with Gasteiger partial charge < -0.3 is 9.71 Å². The Morgan fingerprint density at radius 3 is 2.72 bits per heavy atom. The minimum Gasteiger partial charge on any atom is -0.345 e. The van der Waals surface area contributed by atoms with E-state index in [2.05, 4.69) is 14.7 Å². The smallest absolute Gasteiger partial charge is 0.201 e. The number of ketones is 1. The average molecular weight is 450 g/mol. The predicted molar refractivity (Wildman–Crippen MR) is 112 cm³/mol. The zero-order valence-electron chi connectivity index (χ0n) is 14.5. The van der Waals surface area contributed by atoms with Crippen LogP contribution in [0.15, 0.2) is 59.8 Å². The van der Waals surface area contributed by atoms with Crippen LogP contribution >= 0.6 is 35.1 Å². The van der Waals surface area contributed by atoms with Gasteiger partial charge in [0, 0.05) is 28.2 Å². The number of rotatable bonds is 5. The number of halogens is 4. The topological polar surface area (TPSA) is 57.8 Å². The zero-order chi connectivity index (χ0) is 20.5. The van der Waals surface area contributed by atoms with Crippen molar-refractivity contribution in [3.05, 3.63) is 87.7 Å². The molecule has 0 radical (unpaired) electrons. The Bertz CT molecular complexity index is 1250. The van der Waals surface area contributed by atoms with Gasteiger partial charge in [-0.3, -0.25) is 4.79 Å². The van der Waals surface area contributed by atoms with Crippen LogP contribution in [0.3, 0.4) is 0 Å². The Balaban J connectivity index is 1.66. The molecule has 2 aromatic heterocycles. The number of carbonyl (C=O) groups is 1. The van der Waals surface area contributed by atoms with E-state index >= 15 is 4.39 Å². The highest BCUT2D eigenvalue weighted by Gasteiger charge is 2.24. The van der Waals surface area contributed by atoms with Crippen LogP contribution in [0.4, 0.5) is 14.5 Å². The largest absolute Gasteiger partial charge is 0.345 e. The van der Waals surface area contributed by atoms with Crippen molar-refractivity contribution in [1.82, 2.24) is 9.97 Å². The quantitative estimate of drug-likeness (QED) is 0.269. The third-order valence-electron chi connectivity index (χ3n) is 4.18. The van der Waals surface area contributed by atoms with Crippen molar-refractivity contribution < 1.29 is 13.6 Å². The lowest BCUT2D eigenvalue weighted by Crippen LogP contribution is -2.09. The molecule has 4 aromatic rings. The number of aromatic nitrogens is 2. The molecule has 0 aliphatic heterocycles. The molecule has 4 rings (SSSR count). The van der Waals surface area contributed by atoms with Gasteiger partial charge in [-0.05, 0) is 54.4 Å². The maximum absolute atomic E-state index is 15.0. The van der Waals surface area contributed by atoms with Crippen molar-refractivity contribution in [2.45, 2.75) is 4.90 Å². The highest BCUT2D eigenvalue weighted by molar-refractivity contribution is 8.00. The minimum absolute atomic E-state index is 0.0382. The predicted octanol–water partition coefficient (Wildman–Crippen LogP) is 6.50. The van der Waals surface area contributed by atoms with Gasteiger partial charge in [0.1, 0.15) is 11.5 Å². The molecule has 0 aliphatic carbocycles. The third-order valence-corrected chi connectivity index (χ3v) is 5.73. The molecule has 4 nitrogen and oxygen atoms in total. The van der Waals surface area contributed by atoms with Crippen LogP contribution in [0.1, 0.15) is 15.9 Å². The third kappa shape index (κ3) is 3.81. The number of hydrogen-bond acceptors (Lipinski definition) is 4. The van der Waals surface area contributed by atoms with Crippen molar-refractivity contribution in [3.8, 4) is 0 Å². The fourth-order valence-corrected chi connectivity index (χ4v) is 3.83. The van der Waals surface area contributed by atoms with Crippen LogP contribution < -0.4 is 4.72 Å². The summed E-state index contributed by atoms with van der Waals surface area (Å²) in [5, 5.41) is 1.23. The standard InChI is InChI=1S/C20H11Cl2F2N3OS/c21-13-4-3-10(8-14(13)22)29-27-16-6-5-15(23)17(18(16)24)19(28)12-9-26-20-11(12)2-1-7-25-20/h1-9,27H,(H,25,26). The summed E-state index contributed by atoms with van der Waals surface area (Å²) in [6.07, 6.45) is 2.95. The van der Waals surface area contributed by atoms with Crippen LogP contribution in [-0.4, -0.2) is 15.8 Å². The summed E-state index contributed by atoms with van der Waals surface area (Å²) in [7, 11) is 0. The van der Waals surface area contributed by atoms with E-state index in [9.17, 15) is 9.18 Å². The number of nitrogens with zero attached hydrogens (tertiary/aromatic N) is 1. The number of carbonyl (C=O) groups excluding carboxylic acids is 1. The molecular weight excluding hydrogens is 439 g/mol. The molecule has 146 valence electrons. The molecule has 9 heteroatoms. The van der Waals surface area contributed by atoms with Crippen molar-refractivity contribution >= 4 is 57.7 Å². The fourth-order valence-electron chi connectivity index (χ4n) is 2.77. The number of H-pyrrole nitrogens is 1. The number of anilines is 1. The van der Waals surface area contributed by atoms with Crippen molar-refractivity contribution in [1.29, 1.82) is 0 Å². The summed E-state index contributed by atoms with van der Waals surface area (Å²) in [6.45, 7) is 0. The SMILES string of the molecule is O=C(c1c(F)ccc(NSc2ccc(Cl)c(Cl)c2)c1F)c1c[nH]c2ncccc12. The number of hydrogen-bond donors (Lipinski definition) is 2. The second kappa shape index (κ2) is 8.02. The van der Waals surface area contributed by atoms with Crippen LogP contribution in [0.25, 0.3) is 11.0 Å². The van der Waals surface area contributed by atoms with Crippen LogP contribution in [-0.2, 0) is 0 Å². The monoisotopic (exact) mass is 449 g/mol. The molecule has 2 N–H and O–H groups in total. The molecule has 2 aromatic carbocycles. The number of aromatic amines is 1. The second-order valence-corrected chi connectivity index (χ2v) is 7.69. The van der Waals surface area contributed by atoms with E-state index < -0.39 is 23.0 Å². The molecule has 29 heavy (non-hydrogen) atoms. The summed E-state index contributed by atoms with van der Waals surface area (Å²) in [4.78, 5) is 20.5. The first kappa shape index (κ1) is 19.7. The van der Waals surface area contributed by atoms with E-state index in [1.807, 2.05) is 0 Å². The Morgan fingerprint density at radius 2 is 1.93 bits per heavy atom. The zero-order valence-corrected chi connectivity index (χ0v) is 16.8. The molecule has 0 fully saturated rings. The number of pyridine rings is 1. The van der Waals surface area contributed by atoms with Gasteiger partial charge in [-0.25, -0.2) is 13.8 Å². The molecule has 0 aliphatic rings. The molecule has 0 bridgehead atoms. The Hall–Kier alpha value is -2.61. The first-order chi connectivity index (χ1) is 14.0. The molecule has 0 saturated heterocycles. The molecule has 0 spiro atoms. The van der Waals surface area contributed by atoms with E-state index in [-0.39, 0.29) is 11.3 Å². The normalized spacial score (nSPS) is 11.0. The van der Waals surface area contributed by atoms with E-state index in [0.717, 1.165) is 18.0 Å². The molecule has 0 saturated carbocycles. The van der Waals surface area contributed by atoms with Gasteiger partial charge in [-0.1, -0.05) is 23.2 Å². The van der Waals surface area contributed by atoms with Crippen LogP contribution in [0.5, 0.6) is 0 Å². The van der Waals surface area contributed by atoms with Crippen LogP contribution in [0, 0.1) is 11.6 Å². The number of benzene rings is 2. The molecule has 0 atom stereocenters. The Labute approximate surface area is 178 Å². The lowest BCUT2D eigenvalue weighted by molar-refractivity contribution is 0.103. The van der Waals surface area contributed by atoms with E-state index in [1.54, 1.807) is 36.5 Å². The van der Waals surface area contributed by atoms with Gasteiger partial charge in [0.15, 0.2) is 5.82 Å². The van der Waals surface area contributed by atoms with Gasteiger partial charge in [0.25, 0.3) is 0 Å². The van der Waals surface area contributed by atoms with E-state index in [4.69, 9.17) is 23.2 Å². The first-order valence-electron chi connectivity index (χ1n) is 8.28. The average Bonchev–Trinajstić information content (AvgIpc) is 3.14. The molecular formula is C20H11Cl2F2N3OS.